The van der Waals surface area contributed by atoms with E-state index in [2.05, 4.69) is 0 Å². The number of rotatable bonds is 4. The average Bonchev–Trinajstić information content (AvgIpc) is 2.94. The van der Waals surface area contributed by atoms with E-state index in [1.165, 1.54) is 11.0 Å². The fourth-order valence-electron chi connectivity index (χ4n) is 2.06. The smallest absolute Gasteiger partial charge is 0.289 e. The molecule has 2 aromatic rings. The quantitative estimate of drug-likeness (QED) is 0.850. The van der Waals surface area contributed by atoms with Crippen LogP contribution in [0.1, 0.15) is 41.8 Å². The van der Waals surface area contributed by atoms with Gasteiger partial charge in [-0.05, 0) is 25.1 Å². The van der Waals surface area contributed by atoms with Gasteiger partial charge in [-0.15, -0.1) is 0 Å². The standard InChI is InChI=1S/C16H18FNO2/c1-4-12-9-10-15(20-12)16(19)18(3)11(2)13-7-5-6-8-14(13)17/h5-11H,4H2,1-3H3. The second-order valence-electron chi connectivity index (χ2n) is 4.73. The van der Waals surface area contributed by atoms with Gasteiger partial charge >= 0.3 is 0 Å². The normalized spacial score (nSPS) is 12.2. The fourth-order valence-corrected chi connectivity index (χ4v) is 2.06. The van der Waals surface area contributed by atoms with E-state index in [0.29, 0.717) is 5.56 Å². The van der Waals surface area contributed by atoms with Gasteiger partial charge in [-0.1, -0.05) is 25.1 Å². The summed E-state index contributed by atoms with van der Waals surface area (Å²) in [7, 11) is 1.65. The van der Waals surface area contributed by atoms with Gasteiger partial charge in [0.05, 0.1) is 6.04 Å². The van der Waals surface area contributed by atoms with Crippen molar-refractivity contribution in [3.05, 3.63) is 59.3 Å². The Kier molecular flexibility index (Phi) is 4.23. The van der Waals surface area contributed by atoms with E-state index in [-0.39, 0.29) is 23.5 Å². The van der Waals surface area contributed by atoms with Crippen LogP contribution in [-0.2, 0) is 6.42 Å². The van der Waals surface area contributed by atoms with Gasteiger partial charge in [0, 0.05) is 19.0 Å². The summed E-state index contributed by atoms with van der Waals surface area (Å²) in [5.41, 5.74) is 0.491. The molecule has 0 radical (unpaired) electrons. The average molecular weight is 275 g/mol. The van der Waals surface area contributed by atoms with Crippen molar-refractivity contribution in [2.45, 2.75) is 26.3 Å². The zero-order valence-corrected chi connectivity index (χ0v) is 11.9. The summed E-state index contributed by atoms with van der Waals surface area (Å²) in [5, 5.41) is 0. The van der Waals surface area contributed by atoms with Crippen LogP contribution in [0, 0.1) is 5.82 Å². The topological polar surface area (TPSA) is 33.5 Å². The number of amides is 1. The molecule has 0 saturated carbocycles. The van der Waals surface area contributed by atoms with Crippen LogP contribution in [0.5, 0.6) is 0 Å². The van der Waals surface area contributed by atoms with E-state index in [4.69, 9.17) is 4.42 Å². The number of furan rings is 1. The van der Waals surface area contributed by atoms with Crippen molar-refractivity contribution < 1.29 is 13.6 Å². The van der Waals surface area contributed by atoms with E-state index in [9.17, 15) is 9.18 Å². The van der Waals surface area contributed by atoms with Crippen LogP contribution in [0.2, 0.25) is 0 Å². The maximum Gasteiger partial charge on any atom is 0.289 e. The second kappa shape index (κ2) is 5.90. The molecular weight excluding hydrogens is 257 g/mol. The lowest BCUT2D eigenvalue weighted by atomic mass is 10.1. The molecule has 1 atom stereocenters. The van der Waals surface area contributed by atoms with Gasteiger partial charge in [0.1, 0.15) is 11.6 Å². The predicted molar refractivity (Wildman–Crippen MR) is 75.0 cm³/mol. The largest absolute Gasteiger partial charge is 0.456 e. The molecule has 3 nitrogen and oxygen atoms in total. The molecule has 1 heterocycles. The van der Waals surface area contributed by atoms with Crippen molar-refractivity contribution >= 4 is 5.91 Å². The molecule has 1 unspecified atom stereocenters. The maximum atomic E-state index is 13.8. The number of aryl methyl sites for hydroxylation is 1. The Morgan fingerprint density at radius 3 is 2.60 bits per heavy atom. The van der Waals surface area contributed by atoms with Crippen molar-refractivity contribution in [3.8, 4) is 0 Å². The molecule has 20 heavy (non-hydrogen) atoms. The van der Waals surface area contributed by atoms with Gasteiger partial charge < -0.3 is 9.32 Å². The molecule has 0 bridgehead atoms. The lowest BCUT2D eigenvalue weighted by Gasteiger charge is -2.24. The SMILES string of the molecule is CCc1ccc(C(=O)N(C)C(C)c2ccccc2F)o1. The number of nitrogens with zero attached hydrogens (tertiary/aromatic N) is 1. The van der Waals surface area contributed by atoms with Gasteiger partial charge in [0.25, 0.3) is 5.91 Å². The Bertz CT molecular complexity index is 606. The first-order chi connectivity index (χ1) is 9.54. The molecule has 1 aromatic heterocycles. The summed E-state index contributed by atoms with van der Waals surface area (Å²) in [5.74, 6) is 0.488. The second-order valence-corrected chi connectivity index (χ2v) is 4.73. The molecule has 2 rings (SSSR count). The first-order valence-electron chi connectivity index (χ1n) is 6.65. The predicted octanol–water partition coefficient (Wildman–Crippen LogP) is 3.81. The van der Waals surface area contributed by atoms with Crippen molar-refractivity contribution in [1.29, 1.82) is 0 Å². The van der Waals surface area contributed by atoms with Crippen molar-refractivity contribution in [2.24, 2.45) is 0 Å². The molecule has 0 spiro atoms. The third-order valence-corrected chi connectivity index (χ3v) is 3.48. The minimum atomic E-state index is -0.362. The Balaban J connectivity index is 2.20. The van der Waals surface area contributed by atoms with Gasteiger partial charge in [-0.25, -0.2) is 4.39 Å². The zero-order chi connectivity index (χ0) is 14.7. The van der Waals surface area contributed by atoms with Crippen LogP contribution >= 0.6 is 0 Å². The van der Waals surface area contributed by atoms with E-state index < -0.39 is 0 Å². The minimum Gasteiger partial charge on any atom is -0.456 e. The summed E-state index contributed by atoms with van der Waals surface area (Å²) < 4.78 is 19.2. The van der Waals surface area contributed by atoms with E-state index in [0.717, 1.165) is 12.2 Å². The molecule has 0 aliphatic rings. The number of benzene rings is 1. The summed E-state index contributed by atoms with van der Waals surface area (Å²) in [6, 6.07) is 9.55. The molecule has 0 fully saturated rings. The third kappa shape index (κ3) is 2.74. The maximum absolute atomic E-state index is 13.8. The van der Waals surface area contributed by atoms with Gasteiger partial charge in [-0.3, -0.25) is 4.79 Å². The molecular formula is C16H18FNO2. The zero-order valence-electron chi connectivity index (χ0n) is 11.9. The highest BCUT2D eigenvalue weighted by Gasteiger charge is 2.23. The van der Waals surface area contributed by atoms with Crippen molar-refractivity contribution in [3.63, 3.8) is 0 Å². The molecule has 4 heteroatoms. The van der Waals surface area contributed by atoms with E-state index >= 15 is 0 Å². The monoisotopic (exact) mass is 275 g/mol. The highest BCUT2D eigenvalue weighted by atomic mass is 19.1. The van der Waals surface area contributed by atoms with Crippen LogP contribution < -0.4 is 0 Å². The van der Waals surface area contributed by atoms with Crippen molar-refractivity contribution in [1.82, 2.24) is 4.90 Å². The number of carbonyl (C=O) groups excluding carboxylic acids is 1. The van der Waals surface area contributed by atoms with Gasteiger partial charge in [0.15, 0.2) is 5.76 Å². The minimum absolute atomic E-state index is 0.250. The van der Waals surface area contributed by atoms with Crippen molar-refractivity contribution in [2.75, 3.05) is 7.05 Å². The fraction of sp³-hybridized carbons (Fsp3) is 0.312. The number of halogens is 1. The number of hydrogen-bond donors (Lipinski definition) is 0. The Hall–Kier alpha value is -2.10. The van der Waals surface area contributed by atoms with Crippen LogP contribution in [0.25, 0.3) is 0 Å². The molecule has 0 saturated heterocycles. The highest BCUT2D eigenvalue weighted by molar-refractivity contribution is 5.91. The first kappa shape index (κ1) is 14.3. The highest BCUT2D eigenvalue weighted by Crippen LogP contribution is 2.23. The lowest BCUT2D eigenvalue weighted by Crippen LogP contribution is -2.29. The van der Waals surface area contributed by atoms with Crippen LogP contribution in [-0.4, -0.2) is 17.9 Å². The Morgan fingerprint density at radius 1 is 1.30 bits per heavy atom. The van der Waals surface area contributed by atoms with E-state index in [1.54, 1.807) is 44.3 Å². The molecule has 0 aliphatic heterocycles. The molecule has 0 aliphatic carbocycles. The van der Waals surface area contributed by atoms with E-state index in [1.807, 2.05) is 6.92 Å². The Labute approximate surface area is 118 Å². The number of hydrogen-bond acceptors (Lipinski definition) is 2. The first-order valence-corrected chi connectivity index (χ1v) is 6.65. The summed E-state index contributed by atoms with van der Waals surface area (Å²) in [6.45, 7) is 3.75. The lowest BCUT2D eigenvalue weighted by molar-refractivity contribution is 0.0706. The van der Waals surface area contributed by atoms with Crippen LogP contribution in [0.3, 0.4) is 0 Å². The van der Waals surface area contributed by atoms with Crippen LogP contribution in [0.15, 0.2) is 40.8 Å². The third-order valence-electron chi connectivity index (χ3n) is 3.48. The summed E-state index contributed by atoms with van der Waals surface area (Å²) in [6.07, 6.45) is 0.736. The summed E-state index contributed by atoms with van der Waals surface area (Å²) in [4.78, 5) is 13.8. The Morgan fingerprint density at radius 2 is 2.00 bits per heavy atom. The molecule has 106 valence electrons. The number of carbonyl (C=O) groups is 1. The molecule has 0 N–H and O–H groups in total. The van der Waals surface area contributed by atoms with Crippen LogP contribution in [0.4, 0.5) is 4.39 Å². The van der Waals surface area contributed by atoms with Gasteiger partial charge in [-0.2, -0.15) is 0 Å². The summed E-state index contributed by atoms with van der Waals surface area (Å²) >= 11 is 0. The van der Waals surface area contributed by atoms with Gasteiger partial charge in [0.2, 0.25) is 0 Å². The molecule has 1 amide bonds. The molecule has 1 aromatic carbocycles.